The highest BCUT2D eigenvalue weighted by molar-refractivity contribution is 6.81. The molecule has 3 heteroatoms. The fraction of sp³-hybridized carbons (Fsp3) is 0.800. The number of carbonyl (C=O) groups is 1. The first kappa shape index (κ1) is 17.4. The zero-order valence-electron chi connectivity index (χ0n) is 13.1. The Labute approximate surface area is 114 Å². The van der Waals surface area contributed by atoms with Crippen LogP contribution < -0.4 is 5.32 Å². The van der Waals surface area contributed by atoms with Crippen LogP contribution in [0.15, 0.2) is 12.7 Å². The zero-order chi connectivity index (χ0) is 14.4. The quantitative estimate of drug-likeness (QED) is 0.546. The van der Waals surface area contributed by atoms with Crippen molar-refractivity contribution in [3.8, 4) is 0 Å². The highest BCUT2D eigenvalue weighted by Crippen LogP contribution is 2.26. The van der Waals surface area contributed by atoms with Gasteiger partial charge in [-0.1, -0.05) is 65.8 Å². The average Bonchev–Trinajstić information content (AvgIpc) is 2.28. The summed E-state index contributed by atoms with van der Waals surface area (Å²) in [5.74, 6) is 0.166. The number of nitrogens with one attached hydrogen (secondary N) is 1. The van der Waals surface area contributed by atoms with Crippen molar-refractivity contribution >= 4 is 14.0 Å². The topological polar surface area (TPSA) is 29.1 Å². The first-order chi connectivity index (χ1) is 8.24. The Balaban J connectivity index is 4.79. The Bertz CT molecular complexity index is 268. The van der Waals surface area contributed by atoms with Crippen LogP contribution in [0.25, 0.3) is 0 Å². The maximum Gasteiger partial charge on any atom is 0.220 e. The van der Waals surface area contributed by atoms with Crippen LogP contribution in [0.5, 0.6) is 0 Å². The highest BCUT2D eigenvalue weighted by atomic mass is 28.3. The maximum absolute atomic E-state index is 12.1. The summed E-state index contributed by atoms with van der Waals surface area (Å²) in [4.78, 5) is 12.1. The third-order valence-corrected chi connectivity index (χ3v) is 9.94. The fourth-order valence-electron chi connectivity index (χ4n) is 2.58. The number of amides is 1. The molecule has 0 aliphatic rings. The van der Waals surface area contributed by atoms with Crippen LogP contribution in [0, 0.1) is 5.41 Å². The minimum absolute atomic E-state index is 0.0463. The summed E-state index contributed by atoms with van der Waals surface area (Å²) in [5.41, 5.74) is 0.261. The SMILES string of the molecule is C=CC(NC(=O)CC(C)(C)C)[Si](CC)(CC)CC. The van der Waals surface area contributed by atoms with Gasteiger partial charge in [-0.25, -0.2) is 0 Å². The molecule has 1 N–H and O–H groups in total. The van der Waals surface area contributed by atoms with Crippen LogP contribution >= 0.6 is 0 Å². The van der Waals surface area contributed by atoms with Gasteiger partial charge in [0.15, 0.2) is 0 Å². The predicted octanol–water partition coefficient (Wildman–Crippen LogP) is 4.14. The summed E-state index contributed by atoms with van der Waals surface area (Å²) >= 11 is 0. The van der Waals surface area contributed by atoms with E-state index in [4.69, 9.17) is 0 Å². The molecule has 0 rings (SSSR count). The van der Waals surface area contributed by atoms with Crippen molar-refractivity contribution in [1.29, 1.82) is 0 Å². The largest absolute Gasteiger partial charge is 0.353 e. The molecule has 0 saturated heterocycles. The zero-order valence-corrected chi connectivity index (χ0v) is 14.1. The van der Waals surface area contributed by atoms with Gasteiger partial charge in [0.1, 0.15) is 0 Å². The maximum atomic E-state index is 12.1. The van der Waals surface area contributed by atoms with E-state index in [2.05, 4.69) is 53.4 Å². The van der Waals surface area contributed by atoms with Crippen molar-refractivity contribution in [2.45, 2.75) is 71.8 Å². The van der Waals surface area contributed by atoms with E-state index in [0.29, 0.717) is 6.42 Å². The molecule has 0 spiro atoms. The van der Waals surface area contributed by atoms with Gasteiger partial charge in [-0.2, -0.15) is 0 Å². The summed E-state index contributed by atoms with van der Waals surface area (Å²) in [6, 6.07) is 3.60. The normalized spacial score (nSPS) is 14.1. The van der Waals surface area contributed by atoms with Crippen molar-refractivity contribution in [2.75, 3.05) is 0 Å². The van der Waals surface area contributed by atoms with Crippen molar-refractivity contribution in [3.63, 3.8) is 0 Å². The lowest BCUT2D eigenvalue weighted by molar-refractivity contribution is -0.122. The monoisotopic (exact) mass is 269 g/mol. The van der Waals surface area contributed by atoms with E-state index in [1.165, 1.54) is 18.1 Å². The van der Waals surface area contributed by atoms with E-state index < -0.39 is 8.07 Å². The molecule has 0 fully saturated rings. The first-order valence-electron chi connectivity index (χ1n) is 7.16. The van der Waals surface area contributed by atoms with Gasteiger partial charge >= 0.3 is 0 Å². The molecule has 0 aromatic carbocycles. The van der Waals surface area contributed by atoms with Crippen molar-refractivity contribution < 1.29 is 4.79 Å². The Morgan fingerprint density at radius 3 is 1.94 bits per heavy atom. The summed E-state index contributed by atoms with van der Waals surface area (Å²) in [7, 11) is -1.43. The van der Waals surface area contributed by atoms with Gasteiger partial charge in [-0.05, 0) is 5.41 Å². The molecule has 1 unspecified atom stereocenters. The smallest absolute Gasteiger partial charge is 0.220 e. The molecule has 0 saturated carbocycles. The first-order valence-corrected chi connectivity index (χ1v) is 9.86. The Morgan fingerprint density at radius 2 is 1.67 bits per heavy atom. The lowest BCUT2D eigenvalue weighted by atomic mass is 9.92. The molecule has 2 nitrogen and oxygen atoms in total. The second-order valence-electron chi connectivity index (χ2n) is 6.44. The molecular formula is C15H31NOSi. The van der Waals surface area contributed by atoms with Crippen molar-refractivity contribution in [2.24, 2.45) is 5.41 Å². The van der Waals surface area contributed by atoms with Crippen molar-refractivity contribution in [3.05, 3.63) is 12.7 Å². The van der Waals surface area contributed by atoms with Crippen LogP contribution in [-0.2, 0) is 4.79 Å². The van der Waals surface area contributed by atoms with Gasteiger partial charge in [0.25, 0.3) is 0 Å². The Morgan fingerprint density at radius 1 is 1.22 bits per heavy atom. The Kier molecular flexibility index (Phi) is 6.90. The molecular weight excluding hydrogens is 238 g/mol. The van der Waals surface area contributed by atoms with Gasteiger partial charge in [0.2, 0.25) is 5.91 Å². The summed E-state index contributed by atoms with van der Waals surface area (Å²) < 4.78 is 0. The Hall–Kier alpha value is -0.573. The third kappa shape index (κ3) is 4.97. The van der Waals surface area contributed by atoms with Gasteiger partial charge < -0.3 is 5.32 Å². The minimum atomic E-state index is -1.43. The van der Waals surface area contributed by atoms with E-state index >= 15 is 0 Å². The van der Waals surface area contributed by atoms with Gasteiger partial charge in [0, 0.05) is 12.1 Å². The molecule has 0 aliphatic heterocycles. The van der Waals surface area contributed by atoms with E-state index in [-0.39, 0.29) is 17.0 Å². The molecule has 0 radical (unpaired) electrons. The molecule has 1 amide bonds. The van der Waals surface area contributed by atoms with Crippen LogP contribution in [0.2, 0.25) is 18.1 Å². The van der Waals surface area contributed by atoms with Crippen molar-refractivity contribution in [1.82, 2.24) is 5.32 Å². The molecule has 0 aromatic rings. The molecule has 0 heterocycles. The summed E-state index contributed by atoms with van der Waals surface area (Å²) in [5, 5.41) is 3.22. The standard InChI is InChI=1S/C15H31NOSi/c1-8-14(18(9-2,10-3)11-4)16-13(17)12-15(5,6)7/h8,14H,1,9-12H2,2-7H3,(H,16,17). The van der Waals surface area contributed by atoms with E-state index in [1.54, 1.807) is 0 Å². The second-order valence-corrected chi connectivity index (χ2v) is 11.9. The van der Waals surface area contributed by atoms with Crippen LogP contribution in [0.3, 0.4) is 0 Å². The summed E-state index contributed by atoms with van der Waals surface area (Å²) in [6.45, 7) is 17.0. The lowest BCUT2D eigenvalue weighted by Crippen LogP contribution is -2.54. The molecule has 0 bridgehead atoms. The van der Waals surface area contributed by atoms with E-state index in [1.807, 2.05) is 6.08 Å². The minimum Gasteiger partial charge on any atom is -0.353 e. The van der Waals surface area contributed by atoms with Gasteiger partial charge in [-0.3, -0.25) is 4.79 Å². The van der Waals surface area contributed by atoms with Crippen LogP contribution in [0.1, 0.15) is 48.0 Å². The fourth-order valence-corrected chi connectivity index (χ4v) is 6.36. The van der Waals surface area contributed by atoms with Crippen LogP contribution in [0.4, 0.5) is 0 Å². The third-order valence-electron chi connectivity index (χ3n) is 4.02. The highest BCUT2D eigenvalue weighted by Gasteiger charge is 2.35. The van der Waals surface area contributed by atoms with Gasteiger partial charge in [-0.15, -0.1) is 6.58 Å². The number of hydrogen-bond donors (Lipinski definition) is 1. The number of hydrogen-bond acceptors (Lipinski definition) is 1. The number of rotatable bonds is 7. The molecule has 18 heavy (non-hydrogen) atoms. The second kappa shape index (κ2) is 7.12. The average molecular weight is 270 g/mol. The molecule has 1 atom stereocenters. The van der Waals surface area contributed by atoms with Crippen LogP contribution in [-0.4, -0.2) is 19.6 Å². The lowest BCUT2D eigenvalue weighted by Gasteiger charge is -2.36. The van der Waals surface area contributed by atoms with E-state index in [9.17, 15) is 4.79 Å². The van der Waals surface area contributed by atoms with Gasteiger partial charge in [0.05, 0.1) is 8.07 Å². The molecule has 0 aliphatic carbocycles. The van der Waals surface area contributed by atoms with E-state index in [0.717, 1.165) is 0 Å². The number of carbonyl (C=O) groups excluding carboxylic acids is 1. The molecule has 106 valence electrons. The molecule has 0 aromatic heterocycles. The predicted molar refractivity (Wildman–Crippen MR) is 83.4 cm³/mol. The summed E-state index contributed by atoms with van der Waals surface area (Å²) in [6.07, 6.45) is 2.54.